The van der Waals surface area contributed by atoms with Gasteiger partial charge < -0.3 is 19.9 Å². The van der Waals surface area contributed by atoms with Crippen molar-refractivity contribution in [2.45, 2.75) is 18.9 Å². The molecule has 0 radical (unpaired) electrons. The van der Waals surface area contributed by atoms with Crippen LogP contribution in [0.4, 0.5) is 5.95 Å². The highest BCUT2D eigenvalue weighted by atomic mass is 32.1. The Hall–Kier alpha value is -3.42. The van der Waals surface area contributed by atoms with Crippen molar-refractivity contribution in [3.05, 3.63) is 99.8 Å². The van der Waals surface area contributed by atoms with Gasteiger partial charge in [-0.25, -0.2) is 0 Å². The number of aromatic amines is 1. The summed E-state index contributed by atoms with van der Waals surface area (Å²) in [7, 11) is 4.09. The molecule has 6 nitrogen and oxygen atoms in total. The first-order valence-corrected chi connectivity index (χ1v) is 12.1. The number of likely N-dealkylation sites (N-methyl/N-ethyl adjacent to an activating group) is 1. The molecule has 1 atom stereocenters. The minimum absolute atomic E-state index is 0.168. The SMILES string of the molecule is C=CCN(C[C@H](Cc1ccc(O)cc1)N(C)C)c1nc(=O)cc(Cc2cc3ccccc3s2)[nH]1. The monoisotopic (exact) mass is 474 g/mol. The number of H-pyrrole nitrogens is 1. The van der Waals surface area contributed by atoms with Gasteiger partial charge in [0.25, 0.3) is 5.56 Å². The zero-order chi connectivity index (χ0) is 24.1. The number of nitrogens with one attached hydrogen (secondary N) is 1. The van der Waals surface area contributed by atoms with Crippen LogP contribution in [0.25, 0.3) is 10.1 Å². The fraction of sp³-hybridized carbons (Fsp3) is 0.259. The molecule has 0 amide bonds. The van der Waals surface area contributed by atoms with Crippen LogP contribution in [0.5, 0.6) is 5.75 Å². The van der Waals surface area contributed by atoms with E-state index in [-0.39, 0.29) is 17.4 Å². The van der Waals surface area contributed by atoms with Crippen LogP contribution in [0.2, 0.25) is 0 Å². The van der Waals surface area contributed by atoms with Gasteiger partial charge in [-0.3, -0.25) is 4.79 Å². The van der Waals surface area contributed by atoms with E-state index in [1.165, 1.54) is 15.0 Å². The van der Waals surface area contributed by atoms with Crippen LogP contribution in [-0.2, 0) is 12.8 Å². The average Bonchev–Trinajstić information content (AvgIpc) is 3.21. The van der Waals surface area contributed by atoms with Crippen LogP contribution in [0.15, 0.2) is 78.1 Å². The van der Waals surface area contributed by atoms with E-state index in [1.807, 2.05) is 44.4 Å². The Bertz CT molecular complexity index is 1280. The first-order chi connectivity index (χ1) is 16.4. The fourth-order valence-corrected chi connectivity index (χ4v) is 5.11. The van der Waals surface area contributed by atoms with E-state index in [0.29, 0.717) is 25.5 Å². The minimum Gasteiger partial charge on any atom is -0.508 e. The molecule has 4 rings (SSSR count). The first kappa shape index (κ1) is 23.7. The van der Waals surface area contributed by atoms with Crippen molar-refractivity contribution in [1.82, 2.24) is 14.9 Å². The smallest absolute Gasteiger partial charge is 0.274 e. The number of phenols is 1. The van der Waals surface area contributed by atoms with Crippen molar-refractivity contribution in [1.29, 1.82) is 0 Å². The van der Waals surface area contributed by atoms with Crippen molar-refractivity contribution < 1.29 is 5.11 Å². The molecule has 0 spiro atoms. The van der Waals surface area contributed by atoms with Crippen molar-refractivity contribution in [2.75, 3.05) is 32.1 Å². The lowest BCUT2D eigenvalue weighted by molar-refractivity contribution is 0.293. The maximum Gasteiger partial charge on any atom is 0.274 e. The second-order valence-corrected chi connectivity index (χ2v) is 9.85. The van der Waals surface area contributed by atoms with Crippen LogP contribution in [0.1, 0.15) is 16.1 Å². The highest BCUT2D eigenvalue weighted by Gasteiger charge is 2.19. The van der Waals surface area contributed by atoms with Gasteiger partial charge in [0.2, 0.25) is 5.95 Å². The van der Waals surface area contributed by atoms with Gasteiger partial charge in [0.05, 0.1) is 0 Å². The number of hydrogen-bond acceptors (Lipinski definition) is 6. The molecule has 2 heterocycles. The van der Waals surface area contributed by atoms with Crippen molar-refractivity contribution in [2.24, 2.45) is 0 Å². The Morgan fingerprint density at radius 2 is 1.91 bits per heavy atom. The van der Waals surface area contributed by atoms with Gasteiger partial charge in [-0.05, 0) is 55.7 Å². The van der Waals surface area contributed by atoms with Gasteiger partial charge in [-0.2, -0.15) is 4.98 Å². The zero-order valence-electron chi connectivity index (χ0n) is 19.6. The topological polar surface area (TPSA) is 72.5 Å². The molecule has 4 aromatic rings. The van der Waals surface area contributed by atoms with E-state index >= 15 is 0 Å². The summed E-state index contributed by atoms with van der Waals surface area (Å²) in [5.74, 6) is 0.816. The Labute approximate surface area is 203 Å². The number of anilines is 1. The molecule has 0 saturated carbocycles. The molecule has 0 aliphatic rings. The summed E-state index contributed by atoms with van der Waals surface area (Å²) in [6.45, 7) is 5.13. The molecule has 2 aromatic carbocycles. The lowest BCUT2D eigenvalue weighted by Crippen LogP contribution is -2.43. The van der Waals surface area contributed by atoms with Crippen molar-refractivity contribution in [3.63, 3.8) is 0 Å². The summed E-state index contributed by atoms with van der Waals surface area (Å²) in [5.41, 5.74) is 1.73. The van der Waals surface area contributed by atoms with Crippen molar-refractivity contribution >= 4 is 27.4 Å². The van der Waals surface area contributed by atoms with E-state index in [1.54, 1.807) is 29.5 Å². The molecule has 0 fully saturated rings. The number of aromatic nitrogens is 2. The third kappa shape index (κ3) is 5.92. The molecule has 7 heteroatoms. The zero-order valence-corrected chi connectivity index (χ0v) is 20.4. The standard InChI is InChI=1S/C27H30N4O2S/c1-4-13-31(18-22(30(2)3)14-19-9-11-23(32)12-10-19)27-28-21(17-26(33)29-27)16-24-15-20-7-5-6-8-25(20)34-24/h4-12,15,17,22,32H,1,13-14,16,18H2,2-3H3,(H,28,29,33)/t22-/m0/s1. The summed E-state index contributed by atoms with van der Waals surface area (Å²) in [5, 5.41) is 10.8. The van der Waals surface area contributed by atoms with Crippen LogP contribution in [0, 0.1) is 0 Å². The molecule has 0 aliphatic heterocycles. The van der Waals surface area contributed by atoms with E-state index in [9.17, 15) is 9.90 Å². The molecule has 176 valence electrons. The highest BCUT2D eigenvalue weighted by molar-refractivity contribution is 7.19. The first-order valence-electron chi connectivity index (χ1n) is 11.3. The number of rotatable bonds is 10. The molecule has 34 heavy (non-hydrogen) atoms. The highest BCUT2D eigenvalue weighted by Crippen LogP contribution is 2.27. The molecule has 2 aromatic heterocycles. The van der Waals surface area contributed by atoms with E-state index < -0.39 is 0 Å². The Kier molecular flexibility index (Phi) is 7.45. The number of aromatic hydroxyl groups is 1. The minimum atomic E-state index is -0.251. The van der Waals surface area contributed by atoms with Gasteiger partial charge in [0, 0.05) is 46.9 Å². The van der Waals surface area contributed by atoms with Gasteiger partial charge in [-0.1, -0.05) is 36.4 Å². The predicted molar refractivity (Wildman–Crippen MR) is 141 cm³/mol. The molecule has 0 saturated heterocycles. The fourth-order valence-electron chi connectivity index (χ4n) is 4.02. The van der Waals surface area contributed by atoms with E-state index in [0.717, 1.165) is 17.7 Å². The molecular formula is C27H30N4O2S. The van der Waals surface area contributed by atoms with Crippen LogP contribution in [0.3, 0.4) is 0 Å². The van der Waals surface area contributed by atoms with Crippen LogP contribution < -0.4 is 10.5 Å². The molecule has 0 aliphatic carbocycles. The van der Waals surface area contributed by atoms with Crippen molar-refractivity contribution in [3.8, 4) is 5.75 Å². The maximum absolute atomic E-state index is 12.5. The summed E-state index contributed by atoms with van der Waals surface area (Å²) in [6, 6.07) is 19.5. The summed E-state index contributed by atoms with van der Waals surface area (Å²) in [4.78, 5) is 25.6. The van der Waals surface area contributed by atoms with Gasteiger partial charge in [-0.15, -0.1) is 17.9 Å². The average molecular weight is 475 g/mol. The van der Waals surface area contributed by atoms with Crippen LogP contribution in [-0.4, -0.2) is 53.2 Å². The largest absolute Gasteiger partial charge is 0.508 e. The maximum atomic E-state index is 12.5. The number of nitrogens with zero attached hydrogens (tertiary/aromatic N) is 3. The lowest BCUT2D eigenvalue weighted by atomic mass is 10.0. The number of thiophene rings is 1. The summed E-state index contributed by atoms with van der Waals surface area (Å²) in [6.07, 6.45) is 3.27. The predicted octanol–water partition coefficient (Wildman–Crippen LogP) is 4.45. The Morgan fingerprint density at radius 1 is 1.15 bits per heavy atom. The molecule has 2 N–H and O–H groups in total. The number of fused-ring (bicyclic) bond motifs is 1. The van der Waals surface area contributed by atoms with E-state index in [4.69, 9.17) is 0 Å². The van der Waals surface area contributed by atoms with Gasteiger partial charge >= 0.3 is 0 Å². The number of hydrogen-bond donors (Lipinski definition) is 2. The lowest BCUT2D eigenvalue weighted by Gasteiger charge is -2.31. The third-order valence-corrected chi connectivity index (χ3v) is 6.96. The van der Waals surface area contributed by atoms with E-state index in [2.05, 4.69) is 44.5 Å². The third-order valence-electron chi connectivity index (χ3n) is 5.85. The normalized spacial score (nSPS) is 12.2. The second-order valence-electron chi connectivity index (χ2n) is 8.68. The molecular weight excluding hydrogens is 444 g/mol. The van der Waals surface area contributed by atoms with Crippen LogP contribution >= 0.6 is 11.3 Å². The van der Waals surface area contributed by atoms with Gasteiger partial charge in [0.1, 0.15) is 5.75 Å². The molecule has 0 unspecified atom stereocenters. The number of phenolic OH excluding ortho intramolecular Hbond substituents is 1. The molecule has 0 bridgehead atoms. The quantitative estimate of drug-likeness (QED) is 0.332. The Balaban J connectivity index is 1.57. The number of benzene rings is 2. The summed E-state index contributed by atoms with van der Waals surface area (Å²) < 4.78 is 1.24. The Morgan fingerprint density at radius 3 is 2.62 bits per heavy atom. The summed E-state index contributed by atoms with van der Waals surface area (Å²) >= 11 is 1.74. The second kappa shape index (κ2) is 10.7. The van der Waals surface area contributed by atoms with Gasteiger partial charge in [0.15, 0.2) is 0 Å².